The summed E-state index contributed by atoms with van der Waals surface area (Å²) in [6.45, 7) is 6.42. The van der Waals surface area contributed by atoms with E-state index in [2.05, 4.69) is 28.8 Å². The Bertz CT molecular complexity index is 1300. The number of carbonyl (C=O) groups is 1. The summed E-state index contributed by atoms with van der Waals surface area (Å²) in [7, 11) is 0. The van der Waals surface area contributed by atoms with Gasteiger partial charge in [0.25, 0.3) is 0 Å². The molecule has 3 aromatic carbocycles. The molecule has 0 aliphatic rings. The first-order valence-corrected chi connectivity index (χ1v) is 13.4. The number of carbonyl (C=O) groups excluding carboxylic acids is 1. The van der Waals surface area contributed by atoms with Crippen molar-refractivity contribution >= 4 is 5.97 Å². The van der Waals surface area contributed by atoms with Gasteiger partial charge in [0.1, 0.15) is 11.5 Å². The van der Waals surface area contributed by atoms with E-state index in [1.165, 1.54) is 12.5 Å². The van der Waals surface area contributed by atoms with E-state index in [0.717, 1.165) is 30.4 Å². The topological polar surface area (TPSA) is 94.4 Å². The summed E-state index contributed by atoms with van der Waals surface area (Å²) in [5, 5.41) is 10.9. The van der Waals surface area contributed by atoms with Crippen LogP contribution in [-0.4, -0.2) is 38.7 Å². The molecule has 39 heavy (non-hydrogen) atoms. The molecular weight excluding hydrogens is 490 g/mol. The maximum Gasteiger partial charge on any atom is 0.347 e. The normalized spacial score (nSPS) is 11.8. The molecule has 0 spiro atoms. The highest BCUT2D eigenvalue weighted by Gasteiger charge is 2.19. The van der Waals surface area contributed by atoms with Gasteiger partial charge in [-0.15, -0.1) is 0 Å². The van der Waals surface area contributed by atoms with Crippen molar-refractivity contribution in [3.63, 3.8) is 0 Å². The average molecular weight is 526 g/mol. The first-order chi connectivity index (χ1) is 18.9. The minimum atomic E-state index is -0.808. The Morgan fingerprint density at radius 3 is 1.92 bits per heavy atom. The molecule has 1 unspecified atom stereocenters. The lowest BCUT2D eigenvalue weighted by molar-refractivity contribution is -0.151. The zero-order chi connectivity index (χ0) is 27.6. The summed E-state index contributed by atoms with van der Waals surface area (Å²) in [5.41, 5.74) is 2.10. The highest BCUT2D eigenvalue weighted by Crippen LogP contribution is 2.33. The molecule has 0 saturated carbocycles. The van der Waals surface area contributed by atoms with E-state index in [9.17, 15) is 9.90 Å². The van der Waals surface area contributed by atoms with Crippen LogP contribution in [0.1, 0.15) is 46.5 Å². The molecule has 4 aromatic rings. The molecule has 0 aliphatic heterocycles. The lowest BCUT2D eigenvalue weighted by Crippen LogP contribution is -2.26. The van der Waals surface area contributed by atoms with E-state index < -0.39 is 12.1 Å². The molecule has 0 fully saturated rings. The summed E-state index contributed by atoms with van der Waals surface area (Å²) < 4.78 is 11.1. The average Bonchev–Trinajstić information content (AvgIpc) is 2.95. The molecule has 0 saturated heterocycles. The highest BCUT2D eigenvalue weighted by molar-refractivity contribution is 5.75. The van der Waals surface area contributed by atoms with Gasteiger partial charge >= 0.3 is 5.97 Å². The van der Waals surface area contributed by atoms with Gasteiger partial charge in [-0.25, -0.2) is 19.7 Å². The van der Waals surface area contributed by atoms with Crippen molar-refractivity contribution in [2.45, 2.75) is 52.6 Å². The number of phenols is 1. The van der Waals surface area contributed by atoms with Crippen LogP contribution in [0.15, 0.2) is 78.9 Å². The van der Waals surface area contributed by atoms with Gasteiger partial charge in [0.05, 0.1) is 12.2 Å². The maximum absolute atomic E-state index is 12.4. The Kier molecular flexibility index (Phi) is 9.62. The zero-order valence-electron chi connectivity index (χ0n) is 22.7. The molecule has 7 heteroatoms. The Morgan fingerprint density at radius 2 is 1.36 bits per heavy atom. The summed E-state index contributed by atoms with van der Waals surface area (Å²) in [5.74, 6) is 1.86. The van der Waals surface area contributed by atoms with Gasteiger partial charge in [-0.3, -0.25) is 0 Å². The van der Waals surface area contributed by atoms with Crippen LogP contribution < -0.4 is 4.74 Å². The molecule has 0 bridgehead atoms. The molecular formula is C32H35N3O4. The number of aromatic nitrogens is 3. The number of nitrogens with zero attached hydrogens (tertiary/aromatic N) is 3. The number of benzene rings is 3. The van der Waals surface area contributed by atoms with Crippen molar-refractivity contribution in [3.8, 4) is 45.7 Å². The zero-order valence-corrected chi connectivity index (χ0v) is 22.7. The lowest BCUT2D eigenvalue weighted by atomic mass is 10.1. The molecule has 202 valence electrons. The number of unbranched alkanes of at least 4 members (excludes halogenated alkanes) is 2. The highest BCUT2D eigenvalue weighted by atomic mass is 16.6. The number of aromatic hydroxyl groups is 1. The minimum absolute atomic E-state index is 0.0672. The smallest absolute Gasteiger partial charge is 0.347 e. The van der Waals surface area contributed by atoms with Crippen LogP contribution in [0.25, 0.3) is 34.2 Å². The number of hydrogen-bond donors (Lipinski definition) is 1. The van der Waals surface area contributed by atoms with Crippen molar-refractivity contribution in [2.75, 3.05) is 6.61 Å². The molecule has 7 nitrogen and oxygen atoms in total. The van der Waals surface area contributed by atoms with Crippen molar-refractivity contribution in [3.05, 3.63) is 78.9 Å². The first-order valence-electron chi connectivity index (χ1n) is 13.4. The van der Waals surface area contributed by atoms with E-state index in [-0.39, 0.29) is 5.75 Å². The molecule has 0 amide bonds. The van der Waals surface area contributed by atoms with E-state index in [4.69, 9.17) is 9.47 Å². The fourth-order valence-electron chi connectivity index (χ4n) is 4.08. The number of rotatable bonds is 12. The van der Waals surface area contributed by atoms with Crippen LogP contribution in [-0.2, 0) is 9.53 Å². The molecule has 0 radical (unpaired) electrons. The van der Waals surface area contributed by atoms with Crippen LogP contribution in [0, 0.1) is 5.92 Å². The van der Waals surface area contributed by atoms with Gasteiger partial charge in [-0.05, 0) is 31.4 Å². The molecule has 4 rings (SSSR count). The molecule has 1 atom stereocenters. The quantitative estimate of drug-likeness (QED) is 0.156. The minimum Gasteiger partial charge on any atom is -0.507 e. The van der Waals surface area contributed by atoms with Gasteiger partial charge in [0, 0.05) is 17.2 Å². The van der Waals surface area contributed by atoms with Crippen molar-refractivity contribution < 1.29 is 19.4 Å². The number of ether oxygens (including phenoxy) is 2. The largest absolute Gasteiger partial charge is 0.507 e. The van der Waals surface area contributed by atoms with Gasteiger partial charge < -0.3 is 14.6 Å². The lowest BCUT2D eigenvalue weighted by Gasteiger charge is -2.15. The third-order valence-electron chi connectivity index (χ3n) is 6.22. The number of phenolic OH excluding ortho intramolecular Hbond substituents is 1. The predicted molar refractivity (Wildman–Crippen MR) is 152 cm³/mol. The van der Waals surface area contributed by atoms with Gasteiger partial charge in [-0.1, -0.05) is 93.8 Å². The van der Waals surface area contributed by atoms with Crippen LogP contribution in [0.2, 0.25) is 0 Å². The Labute approximate surface area is 229 Å². The molecule has 1 aromatic heterocycles. The summed E-state index contributed by atoms with van der Waals surface area (Å²) in [6.07, 6.45) is 3.37. The van der Waals surface area contributed by atoms with Gasteiger partial charge in [0.15, 0.2) is 23.6 Å². The van der Waals surface area contributed by atoms with Crippen LogP contribution in [0.4, 0.5) is 0 Å². The second-order valence-corrected chi connectivity index (χ2v) is 9.89. The number of esters is 1. The second kappa shape index (κ2) is 13.5. The number of hydrogen-bond acceptors (Lipinski definition) is 7. The SMILES string of the molecule is CC(C)CCCCCOC(=O)C(C)Oc1ccc(-c2nc(-c3ccccc3)nc(-c3ccccc3)n2)c(O)c1. The Hall–Kier alpha value is -4.26. The predicted octanol–water partition coefficient (Wildman–Crippen LogP) is 7.11. The van der Waals surface area contributed by atoms with Crippen LogP contribution >= 0.6 is 0 Å². The van der Waals surface area contributed by atoms with Crippen molar-refractivity contribution in [2.24, 2.45) is 5.92 Å². The van der Waals surface area contributed by atoms with Gasteiger partial charge in [0.2, 0.25) is 0 Å². The Balaban J connectivity index is 1.48. The second-order valence-electron chi connectivity index (χ2n) is 9.89. The van der Waals surface area contributed by atoms with Gasteiger partial charge in [-0.2, -0.15) is 0 Å². The summed E-state index contributed by atoms with van der Waals surface area (Å²) in [6, 6.07) is 24.1. The summed E-state index contributed by atoms with van der Waals surface area (Å²) in [4.78, 5) is 26.3. The van der Waals surface area contributed by atoms with Crippen LogP contribution in [0.5, 0.6) is 11.5 Å². The third kappa shape index (κ3) is 7.87. The van der Waals surface area contributed by atoms with E-state index >= 15 is 0 Å². The van der Waals surface area contributed by atoms with Crippen molar-refractivity contribution in [1.82, 2.24) is 15.0 Å². The Morgan fingerprint density at radius 1 is 0.769 bits per heavy atom. The molecule has 1 heterocycles. The van der Waals surface area contributed by atoms with Crippen molar-refractivity contribution in [1.29, 1.82) is 0 Å². The van der Waals surface area contributed by atoms with E-state index in [0.29, 0.717) is 41.3 Å². The monoisotopic (exact) mass is 525 g/mol. The van der Waals surface area contributed by atoms with E-state index in [1.807, 2.05) is 60.7 Å². The fourth-order valence-corrected chi connectivity index (χ4v) is 4.08. The molecule has 1 N–H and O–H groups in total. The van der Waals surface area contributed by atoms with Crippen LogP contribution in [0.3, 0.4) is 0 Å². The maximum atomic E-state index is 12.4. The molecule has 0 aliphatic carbocycles. The summed E-state index contributed by atoms with van der Waals surface area (Å²) >= 11 is 0. The standard InChI is InChI=1S/C32H35N3O4/c1-22(2)13-7-6-12-20-38-32(37)23(3)39-26-18-19-27(28(36)21-26)31-34-29(24-14-8-4-9-15-24)33-30(35-31)25-16-10-5-11-17-25/h4-5,8-11,14-19,21-23,36H,6-7,12-13,20H2,1-3H3. The third-order valence-corrected chi connectivity index (χ3v) is 6.22. The first kappa shape index (κ1) is 27.8. The fraction of sp³-hybridized carbons (Fsp3) is 0.312. The van der Waals surface area contributed by atoms with E-state index in [1.54, 1.807) is 19.1 Å².